The Kier molecular flexibility index (Phi) is 14.0. The van der Waals surface area contributed by atoms with Gasteiger partial charge in [0.15, 0.2) is 0 Å². The highest BCUT2D eigenvalue weighted by atomic mass is 16.5. The van der Waals surface area contributed by atoms with Crippen molar-refractivity contribution in [2.75, 3.05) is 6.61 Å². The number of unbranched alkanes of at least 4 members (excludes halogenated alkanes) is 9. The van der Waals surface area contributed by atoms with Crippen LogP contribution in [0.25, 0.3) is 6.08 Å². The summed E-state index contributed by atoms with van der Waals surface area (Å²) >= 11 is 0. The van der Waals surface area contributed by atoms with Crippen molar-refractivity contribution in [2.45, 2.75) is 97.5 Å². The fourth-order valence-corrected chi connectivity index (χ4v) is 2.97. The molecule has 0 fully saturated rings. The maximum atomic E-state index is 11.7. The Balaban J connectivity index is 2.15. The molecule has 0 aliphatic heterocycles. The Labute approximate surface area is 172 Å². The summed E-state index contributed by atoms with van der Waals surface area (Å²) in [5.41, 5.74) is 0.946. The second-order valence-electron chi connectivity index (χ2n) is 7.59. The number of carbonyl (C=O) groups excluding carboxylic acids is 1. The van der Waals surface area contributed by atoms with E-state index in [-0.39, 0.29) is 12.1 Å². The van der Waals surface area contributed by atoms with Crippen LogP contribution in [0, 0.1) is 0 Å². The molecule has 0 saturated carbocycles. The van der Waals surface area contributed by atoms with Crippen LogP contribution in [0.5, 0.6) is 5.75 Å². The Morgan fingerprint density at radius 3 is 2.25 bits per heavy atom. The Hall–Kier alpha value is -1.77. The SMILES string of the molecule is CCCCCCCCCCCCOc1cccc(C=CC(=O)OC(C)CC)c1. The summed E-state index contributed by atoms with van der Waals surface area (Å²) in [6, 6.07) is 7.84. The first-order chi connectivity index (χ1) is 13.7. The van der Waals surface area contributed by atoms with Gasteiger partial charge >= 0.3 is 5.97 Å². The number of esters is 1. The fraction of sp³-hybridized carbons (Fsp3) is 0.640. The van der Waals surface area contributed by atoms with Crippen molar-refractivity contribution in [3.05, 3.63) is 35.9 Å². The zero-order valence-electron chi connectivity index (χ0n) is 18.3. The summed E-state index contributed by atoms with van der Waals surface area (Å²) in [6.45, 7) is 6.91. The first kappa shape index (κ1) is 24.3. The monoisotopic (exact) mass is 388 g/mol. The highest BCUT2D eigenvalue weighted by molar-refractivity contribution is 5.87. The second-order valence-corrected chi connectivity index (χ2v) is 7.59. The lowest BCUT2D eigenvalue weighted by molar-refractivity contribution is -0.142. The lowest BCUT2D eigenvalue weighted by Gasteiger charge is -2.08. The van der Waals surface area contributed by atoms with Crippen molar-refractivity contribution in [3.8, 4) is 5.75 Å². The molecular formula is C25H40O3. The van der Waals surface area contributed by atoms with Gasteiger partial charge in [-0.3, -0.25) is 0 Å². The van der Waals surface area contributed by atoms with Crippen molar-refractivity contribution in [1.82, 2.24) is 0 Å². The summed E-state index contributed by atoms with van der Waals surface area (Å²) in [5.74, 6) is 0.555. The topological polar surface area (TPSA) is 35.5 Å². The molecule has 3 heteroatoms. The molecule has 0 amide bonds. The van der Waals surface area contributed by atoms with E-state index in [1.165, 1.54) is 63.9 Å². The number of ether oxygens (including phenoxy) is 2. The predicted octanol–water partition coefficient (Wildman–Crippen LogP) is 7.34. The van der Waals surface area contributed by atoms with E-state index in [0.29, 0.717) is 0 Å². The van der Waals surface area contributed by atoms with Gasteiger partial charge in [-0.15, -0.1) is 0 Å². The van der Waals surface area contributed by atoms with Crippen molar-refractivity contribution in [2.24, 2.45) is 0 Å². The van der Waals surface area contributed by atoms with Crippen molar-refractivity contribution in [3.63, 3.8) is 0 Å². The van der Waals surface area contributed by atoms with Gasteiger partial charge in [0.25, 0.3) is 0 Å². The van der Waals surface area contributed by atoms with E-state index in [4.69, 9.17) is 9.47 Å². The van der Waals surface area contributed by atoms with Gasteiger partial charge in [0.2, 0.25) is 0 Å². The van der Waals surface area contributed by atoms with Crippen LogP contribution in [0.15, 0.2) is 30.3 Å². The van der Waals surface area contributed by atoms with Gasteiger partial charge in [-0.05, 0) is 43.5 Å². The molecule has 0 aromatic heterocycles. The third-order valence-electron chi connectivity index (χ3n) is 4.93. The molecule has 1 atom stereocenters. The molecule has 0 N–H and O–H groups in total. The first-order valence-electron chi connectivity index (χ1n) is 11.3. The lowest BCUT2D eigenvalue weighted by atomic mass is 10.1. The summed E-state index contributed by atoms with van der Waals surface area (Å²) < 4.78 is 11.1. The second kappa shape index (κ2) is 16.2. The van der Waals surface area contributed by atoms with Crippen LogP contribution in [0.1, 0.15) is 97.0 Å². The molecule has 0 saturated heterocycles. The average Bonchev–Trinajstić information content (AvgIpc) is 2.70. The van der Waals surface area contributed by atoms with E-state index in [2.05, 4.69) is 6.92 Å². The normalized spacial score (nSPS) is 12.2. The Morgan fingerprint density at radius 1 is 0.964 bits per heavy atom. The van der Waals surface area contributed by atoms with Gasteiger partial charge in [0.05, 0.1) is 12.7 Å². The van der Waals surface area contributed by atoms with Crippen LogP contribution in [0.4, 0.5) is 0 Å². The Morgan fingerprint density at radius 2 is 1.61 bits per heavy atom. The first-order valence-corrected chi connectivity index (χ1v) is 11.3. The average molecular weight is 389 g/mol. The summed E-state index contributed by atoms with van der Waals surface area (Å²) in [7, 11) is 0. The van der Waals surface area contributed by atoms with E-state index in [0.717, 1.165) is 30.8 Å². The van der Waals surface area contributed by atoms with Gasteiger partial charge in [-0.25, -0.2) is 4.79 Å². The summed E-state index contributed by atoms with van der Waals surface area (Å²) in [6.07, 6.45) is 17.3. The van der Waals surface area contributed by atoms with E-state index in [1.54, 1.807) is 6.08 Å². The number of hydrogen-bond donors (Lipinski definition) is 0. The minimum Gasteiger partial charge on any atom is -0.494 e. The Bertz CT molecular complexity index is 550. The molecule has 3 nitrogen and oxygen atoms in total. The third-order valence-corrected chi connectivity index (χ3v) is 4.93. The molecule has 0 aliphatic rings. The minimum absolute atomic E-state index is 0.0483. The van der Waals surface area contributed by atoms with Crippen LogP contribution in [0.2, 0.25) is 0 Å². The quantitative estimate of drug-likeness (QED) is 0.169. The molecule has 1 unspecified atom stereocenters. The van der Waals surface area contributed by atoms with E-state index in [9.17, 15) is 4.79 Å². The molecule has 1 aromatic rings. The number of benzene rings is 1. The van der Waals surface area contributed by atoms with Crippen LogP contribution in [0.3, 0.4) is 0 Å². The molecule has 0 aliphatic carbocycles. The van der Waals surface area contributed by atoms with Gasteiger partial charge in [-0.2, -0.15) is 0 Å². The van der Waals surface area contributed by atoms with E-state index in [1.807, 2.05) is 38.1 Å². The minimum atomic E-state index is -0.300. The summed E-state index contributed by atoms with van der Waals surface area (Å²) in [5, 5.41) is 0. The van der Waals surface area contributed by atoms with Crippen molar-refractivity contribution < 1.29 is 14.3 Å². The zero-order chi connectivity index (χ0) is 20.5. The number of rotatable bonds is 16. The predicted molar refractivity (Wildman–Crippen MR) is 119 cm³/mol. The van der Waals surface area contributed by atoms with Gasteiger partial charge in [-0.1, -0.05) is 83.8 Å². The molecule has 0 radical (unpaired) electrons. The van der Waals surface area contributed by atoms with Gasteiger partial charge in [0.1, 0.15) is 5.75 Å². The molecule has 158 valence electrons. The highest BCUT2D eigenvalue weighted by Crippen LogP contribution is 2.16. The molecule has 0 spiro atoms. The number of carbonyl (C=O) groups is 1. The van der Waals surface area contributed by atoms with Crippen LogP contribution < -0.4 is 4.74 Å². The van der Waals surface area contributed by atoms with E-state index < -0.39 is 0 Å². The van der Waals surface area contributed by atoms with Gasteiger partial charge < -0.3 is 9.47 Å². The largest absolute Gasteiger partial charge is 0.494 e. The molecule has 1 aromatic carbocycles. The maximum absolute atomic E-state index is 11.7. The summed E-state index contributed by atoms with van der Waals surface area (Å²) in [4.78, 5) is 11.7. The zero-order valence-corrected chi connectivity index (χ0v) is 18.3. The highest BCUT2D eigenvalue weighted by Gasteiger charge is 2.03. The lowest BCUT2D eigenvalue weighted by Crippen LogP contribution is -2.11. The third kappa shape index (κ3) is 12.6. The van der Waals surface area contributed by atoms with E-state index >= 15 is 0 Å². The molecule has 28 heavy (non-hydrogen) atoms. The van der Waals surface area contributed by atoms with Gasteiger partial charge in [0, 0.05) is 6.08 Å². The fourth-order valence-electron chi connectivity index (χ4n) is 2.97. The molecule has 0 heterocycles. The molecule has 1 rings (SSSR count). The number of hydrogen-bond acceptors (Lipinski definition) is 3. The van der Waals surface area contributed by atoms with Crippen LogP contribution in [-0.4, -0.2) is 18.7 Å². The van der Waals surface area contributed by atoms with Crippen molar-refractivity contribution in [1.29, 1.82) is 0 Å². The van der Waals surface area contributed by atoms with Crippen LogP contribution in [-0.2, 0) is 9.53 Å². The van der Waals surface area contributed by atoms with Crippen LogP contribution >= 0.6 is 0 Å². The maximum Gasteiger partial charge on any atom is 0.331 e. The standard InChI is InChI=1S/C25H40O3/c1-4-6-7-8-9-10-11-12-13-14-20-27-24-17-15-16-23(21-24)18-19-25(26)28-22(3)5-2/h15-19,21-22H,4-14,20H2,1-3H3. The molecular weight excluding hydrogens is 348 g/mol. The molecule has 0 bridgehead atoms. The smallest absolute Gasteiger partial charge is 0.331 e. The van der Waals surface area contributed by atoms with Crippen molar-refractivity contribution >= 4 is 12.0 Å².